The van der Waals surface area contributed by atoms with Crippen LogP contribution in [-0.4, -0.2) is 96.0 Å². The van der Waals surface area contributed by atoms with E-state index < -0.39 is 5.60 Å². The normalized spacial score (nSPS) is 17.3. The molecule has 0 aliphatic carbocycles. The van der Waals surface area contributed by atoms with Crippen molar-refractivity contribution in [2.24, 2.45) is 13.0 Å². The van der Waals surface area contributed by atoms with Crippen molar-refractivity contribution < 1.29 is 19.0 Å². The summed E-state index contributed by atoms with van der Waals surface area (Å²) in [5, 5.41) is 1.43. The predicted octanol–water partition coefficient (Wildman–Crippen LogP) is 4.38. The molecule has 0 radical (unpaired) electrons. The van der Waals surface area contributed by atoms with Gasteiger partial charge < -0.3 is 28.6 Å². The van der Waals surface area contributed by atoms with E-state index in [1.807, 2.05) is 50.1 Å². The SMILES string of the molecule is COc1cc(-c2cn(C)c(=O)c3cnccc23)cc(OC)c1CN1CCN(CC2CCN(C(=O)OC(C)(C)C)CC2)CC1. The van der Waals surface area contributed by atoms with Crippen molar-refractivity contribution >= 4 is 16.9 Å². The summed E-state index contributed by atoms with van der Waals surface area (Å²) in [6.07, 6.45) is 7.03. The highest BCUT2D eigenvalue weighted by Crippen LogP contribution is 2.38. The molecule has 2 aliphatic rings. The van der Waals surface area contributed by atoms with Gasteiger partial charge in [0.05, 0.1) is 25.2 Å². The van der Waals surface area contributed by atoms with Crippen LogP contribution in [0.25, 0.3) is 21.9 Å². The van der Waals surface area contributed by atoms with Crippen LogP contribution in [0.2, 0.25) is 0 Å². The van der Waals surface area contributed by atoms with Crippen LogP contribution in [0.4, 0.5) is 4.79 Å². The number of piperidine rings is 1. The Labute approximate surface area is 254 Å². The van der Waals surface area contributed by atoms with Crippen molar-refractivity contribution in [2.45, 2.75) is 45.8 Å². The lowest BCUT2D eigenvalue weighted by Crippen LogP contribution is -2.49. The standard InChI is InChI=1S/C33H45N5O5/c1-33(2,3)43-32(40)38-11-8-23(9-12-38)20-36-13-15-37(16-14-36)22-28-29(41-5)17-24(18-30(28)42-6)27-21-35(4)31(39)26-19-34-10-7-25(26)27/h7,10,17-19,21,23H,8-9,11-16,20,22H2,1-6H3. The molecular weight excluding hydrogens is 546 g/mol. The highest BCUT2D eigenvalue weighted by Gasteiger charge is 2.29. The quantitative estimate of drug-likeness (QED) is 0.400. The molecule has 4 heterocycles. The number of likely N-dealkylation sites (tertiary alicyclic amines) is 1. The summed E-state index contributed by atoms with van der Waals surface area (Å²) in [6, 6.07) is 5.96. The number of carbonyl (C=O) groups excluding carboxylic acids is 1. The molecular formula is C33H45N5O5. The van der Waals surface area contributed by atoms with E-state index in [2.05, 4.69) is 14.8 Å². The van der Waals surface area contributed by atoms with Gasteiger partial charge in [0.2, 0.25) is 0 Å². The van der Waals surface area contributed by atoms with Crippen LogP contribution < -0.4 is 15.0 Å². The first kappa shape index (κ1) is 30.8. The van der Waals surface area contributed by atoms with Crippen LogP contribution in [0.1, 0.15) is 39.2 Å². The average Bonchev–Trinajstić information content (AvgIpc) is 2.99. The van der Waals surface area contributed by atoms with Crippen molar-refractivity contribution in [1.82, 2.24) is 24.3 Å². The van der Waals surface area contributed by atoms with E-state index in [0.717, 1.165) is 98.8 Å². The number of piperazine rings is 1. The topological polar surface area (TPSA) is 89.4 Å². The summed E-state index contributed by atoms with van der Waals surface area (Å²) in [7, 11) is 5.14. The highest BCUT2D eigenvalue weighted by atomic mass is 16.6. The van der Waals surface area contributed by atoms with E-state index in [0.29, 0.717) is 11.3 Å². The van der Waals surface area contributed by atoms with Gasteiger partial charge in [-0.3, -0.25) is 14.7 Å². The van der Waals surface area contributed by atoms with Crippen LogP contribution >= 0.6 is 0 Å². The Bertz CT molecular complexity index is 1470. The van der Waals surface area contributed by atoms with Crippen molar-refractivity contribution in [3.63, 3.8) is 0 Å². The second-order valence-electron chi connectivity index (χ2n) is 12.7. The second kappa shape index (κ2) is 12.9. The minimum absolute atomic E-state index is 0.0761. The van der Waals surface area contributed by atoms with Gasteiger partial charge in [0.15, 0.2) is 0 Å². The largest absolute Gasteiger partial charge is 0.496 e. The van der Waals surface area contributed by atoms with E-state index in [-0.39, 0.29) is 11.7 Å². The van der Waals surface area contributed by atoms with Crippen molar-refractivity contribution in [3.8, 4) is 22.6 Å². The molecule has 43 heavy (non-hydrogen) atoms. The zero-order chi connectivity index (χ0) is 30.7. The number of methoxy groups -OCH3 is 2. The number of ether oxygens (including phenoxy) is 3. The molecule has 1 amide bonds. The number of fused-ring (bicyclic) bond motifs is 1. The first-order valence-corrected chi connectivity index (χ1v) is 15.2. The zero-order valence-electron chi connectivity index (χ0n) is 26.4. The Morgan fingerprint density at radius 2 is 1.58 bits per heavy atom. The molecule has 3 aromatic rings. The van der Waals surface area contributed by atoms with Crippen LogP contribution in [0.3, 0.4) is 0 Å². The first-order chi connectivity index (χ1) is 20.6. The van der Waals surface area contributed by atoms with Crippen molar-refractivity contribution in [1.29, 1.82) is 0 Å². The van der Waals surface area contributed by atoms with E-state index >= 15 is 0 Å². The number of pyridine rings is 2. The monoisotopic (exact) mass is 591 g/mol. The van der Waals surface area contributed by atoms with Crippen molar-refractivity contribution in [2.75, 3.05) is 60.0 Å². The van der Waals surface area contributed by atoms with Crippen LogP contribution in [0.5, 0.6) is 11.5 Å². The summed E-state index contributed by atoms with van der Waals surface area (Å²) < 4.78 is 18.9. The number of nitrogens with zero attached hydrogens (tertiary/aromatic N) is 5. The van der Waals surface area contributed by atoms with Gasteiger partial charge in [0.1, 0.15) is 17.1 Å². The molecule has 0 unspecified atom stereocenters. The lowest BCUT2D eigenvalue weighted by atomic mass is 9.96. The molecule has 0 bridgehead atoms. The molecule has 2 aromatic heterocycles. The molecule has 232 valence electrons. The van der Waals surface area contributed by atoms with E-state index in [4.69, 9.17) is 14.2 Å². The van der Waals surface area contributed by atoms with E-state index in [1.54, 1.807) is 38.2 Å². The summed E-state index contributed by atoms with van der Waals surface area (Å²) in [4.78, 5) is 36.1. The van der Waals surface area contributed by atoms with Gasteiger partial charge in [-0.05, 0) is 68.7 Å². The van der Waals surface area contributed by atoms with Gasteiger partial charge in [0, 0.05) is 83.6 Å². The molecule has 5 rings (SSSR count). The van der Waals surface area contributed by atoms with Gasteiger partial charge in [0.25, 0.3) is 5.56 Å². The Kier molecular flexibility index (Phi) is 9.27. The number of amides is 1. The third-order valence-corrected chi connectivity index (χ3v) is 8.53. The summed E-state index contributed by atoms with van der Waals surface area (Å²) in [6.45, 7) is 13.0. The third-order valence-electron chi connectivity index (χ3n) is 8.53. The lowest BCUT2D eigenvalue weighted by Gasteiger charge is -2.39. The molecule has 0 N–H and O–H groups in total. The maximum absolute atomic E-state index is 12.7. The van der Waals surface area contributed by atoms with Crippen LogP contribution in [0, 0.1) is 5.92 Å². The Balaban J connectivity index is 1.22. The van der Waals surface area contributed by atoms with Crippen molar-refractivity contribution in [3.05, 3.63) is 52.7 Å². The molecule has 0 spiro atoms. The molecule has 1 aromatic carbocycles. The fourth-order valence-electron chi connectivity index (χ4n) is 6.18. The number of benzene rings is 1. The summed E-state index contributed by atoms with van der Waals surface area (Å²) in [5.74, 6) is 2.14. The maximum atomic E-state index is 12.7. The zero-order valence-corrected chi connectivity index (χ0v) is 26.4. The van der Waals surface area contributed by atoms with E-state index in [9.17, 15) is 9.59 Å². The molecule has 0 atom stereocenters. The number of carbonyl (C=O) groups is 1. The van der Waals surface area contributed by atoms with Gasteiger partial charge in [-0.15, -0.1) is 0 Å². The predicted molar refractivity (Wildman–Crippen MR) is 168 cm³/mol. The van der Waals surface area contributed by atoms with Gasteiger partial charge in [-0.1, -0.05) is 0 Å². The number of aromatic nitrogens is 2. The summed E-state index contributed by atoms with van der Waals surface area (Å²) in [5.41, 5.74) is 2.33. The molecule has 2 saturated heterocycles. The lowest BCUT2D eigenvalue weighted by molar-refractivity contribution is 0.0159. The van der Waals surface area contributed by atoms with Gasteiger partial charge in [-0.25, -0.2) is 4.79 Å². The van der Waals surface area contributed by atoms with Gasteiger partial charge in [-0.2, -0.15) is 0 Å². The fraction of sp³-hybridized carbons (Fsp3) is 0.545. The minimum atomic E-state index is -0.459. The molecule has 0 saturated carbocycles. The number of hydrogen-bond acceptors (Lipinski definition) is 8. The minimum Gasteiger partial charge on any atom is -0.496 e. The molecule has 10 nitrogen and oxygen atoms in total. The average molecular weight is 592 g/mol. The summed E-state index contributed by atoms with van der Waals surface area (Å²) >= 11 is 0. The Hall–Kier alpha value is -3.63. The van der Waals surface area contributed by atoms with Crippen LogP contribution in [0.15, 0.2) is 41.6 Å². The number of aryl methyl sites for hydroxylation is 1. The first-order valence-electron chi connectivity index (χ1n) is 15.2. The Morgan fingerprint density at radius 1 is 0.953 bits per heavy atom. The third kappa shape index (κ3) is 7.13. The second-order valence-corrected chi connectivity index (χ2v) is 12.7. The molecule has 2 fully saturated rings. The smallest absolute Gasteiger partial charge is 0.410 e. The fourth-order valence-corrected chi connectivity index (χ4v) is 6.18. The van der Waals surface area contributed by atoms with E-state index in [1.165, 1.54) is 0 Å². The van der Waals surface area contributed by atoms with Gasteiger partial charge >= 0.3 is 6.09 Å². The maximum Gasteiger partial charge on any atom is 0.410 e. The highest BCUT2D eigenvalue weighted by molar-refractivity contribution is 5.95. The molecule has 2 aliphatic heterocycles. The molecule has 10 heteroatoms. The number of hydrogen-bond donors (Lipinski definition) is 0. The van der Waals surface area contributed by atoms with Crippen LogP contribution in [-0.2, 0) is 18.3 Å². The Morgan fingerprint density at radius 3 is 2.19 bits per heavy atom. The number of rotatable bonds is 7.